The molecule has 3 atom stereocenters. The van der Waals surface area contributed by atoms with Gasteiger partial charge in [0.2, 0.25) is 5.91 Å². The molecule has 0 unspecified atom stereocenters. The molecule has 1 amide bonds. The van der Waals surface area contributed by atoms with E-state index in [9.17, 15) is 4.79 Å². The van der Waals surface area contributed by atoms with Crippen molar-refractivity contribution in [3.05, 3.63) is 88.6 Å². The third-order valence-electron chi connectivity index (χ3n) is 4.02. The summed E-state index contributed by atoms with van der Waals surface area (Å²) in [5.41, 5.74) is 0.959. The average Bonchev–Trinajstić information content (AvgIpc) is 3.19. The lowest BCUT2D eigenvalue weighted by molar-refractivity contribution is -0.141. The zero-order chi connectivity index (χ0) is 17.1. The Morgan fingerprint density at radius 2 is 1.64 bits per heavy atom. The molecule has 0 saturated carbocycles. The first-order valence-corrected chi connectivity index (χ1v) is 9.83. The van der Waals surface area contributed by atoms with Gasteiger partial charge < -0.3 is 10.1 Å². The Balaban J connectivity index is 1.63. The highest BCUT2D eigenvalue weighted by molar-refractivity contribution is 8.00. The summed E-state index contributed by atoms with van der Waals surface area (Å²) < 4.78 is 6.33. The molecule has 2 heterocycles. The maximum absolute atomic E-state index is 12.9. The minimum atomic E-state index is -0.423. The molecular weight excluding hydrogens is 350 g/mol. The molecule has 1 fully saturated rings. The molecule has 1 aliphatic heterocycles. The maximum atomic E-state index is 12.9. The average molecular weight is 367 g/mol. The molecule has 3 nitrogen and oxygen atoms in total. The van der Waals surface area contributed by atoms with Crippen LogP contribution in [0.15, 0.2) is 83.1 Å². The van der Waals surface area contributed by atoms with Gasteiger partial charge in [0.25, 0.3) is 0 Å². The highest BCUT2D eigenvalue weighted by atomic mass is 32.2. The Hall–Kier alpha value is -2.08. The van der Waals surface area contributed by atoms with E-state index in [2.05, 4.69) is 5.32 Å². The van der Waals surface area contributed by atoms with E-state index in [1.54, 1.807) is 23.1 Å². The normalized spacial score (nSPS) is 23.2. The summed E-state index contributed by atoms with van der Waals surface area (Å²) in [5, 5.41) is 4.72. The molecule has 1 N–H and O–H groups in total. The molecule has 25 heavy (non-hydrogen) atoms. The van der Waals surface area contributed by atoms with Crippen LogP contribution < -0.4 is 5.32 Å². The number of amides is 1. The Morgan fingerprint density at radius 3 is 2.32 bits per heavy atom. The third-order valence-corrected chi connectivity index (χ3v) is 6.21. The molecule has 5 heteroatoms. The number of carbonyl (C=O) groups is 1. The summed E-state index contributed by atoms with van der Waals surface area (Å²) in [7, 11) is 0. The van der Waals surface area contributed by atoms with Crippen LogP contribution in [0.1, 0.15) is 22.8 Å². The molecule has 3 aromatic rings. The molecule has 1 aliphatic rings. The number of ether oxygens (including phenoxy) is 1. The van der Waals surface area contributed by atoms with Gasteiger partial charge in [-0.1, -0.05) is 54.6 Å². The zero-order valence-corrected chi connectivity index (χ0v) is 15.0. The standard InChI is InChI=1S/C20H17NO2S2/c22-19-18(25-15-10-5-2-6-11-15)17(16-12-7-13-24-16)23-20(21-19)14-8-3-1-4-9-14/h1-13,17-18,20H,(H,21,22)/t17-,18+,20+/m1/s1. The molecule has 1 saturated heterocycles. The van der Waals surface area contributed by atoms with E-state index in [1.165, 1.54) is 0 Å². The predicted molar refractivity (Wildman–Crippen MR) is 102 cm³/mol. The summed E-state index contributed by atoms with van der Waals surface area (Å²) in [4.78, 5) is 15.0. The number of benzene rings is 2. The van der Waals surface area contributed by atoms with Crippen molar-refractivity contribution in [1.82, 2.24) is 5.32 Å². The van der Waals surface area contributed by atoms with Crippen LogP contribution in [0.2, 0.25) is 0 Å². The van der Waals surface area contributed by atoms with Crippen molar-refractivity contribution in [2.75, 3.05) is 0 Å². The Kier molecular flexibility index (Phi) is 4.88. The van der Waals surface area contributed by atoms with Gasteiger partial charge in [0.1, 0.15) is 11.4 Å². The molecule has 0 aliphatic carbocycles. The van der Waals surface area contributed by atoms with Gasteiger partial charge in [-0.2, -0.15) is 0 Å². The lowest BCUT2D eigenvalue weighted by Gasteiger charge is -2.36. The van der Waals surface area contributed by atoms with Crippen LogP contribution in [0.3, 0.4) is 0 Å². The Bertz CT molecular complexity index is 821. The number of nitrogens with one attached hydrogen (secondary N) is 1. The summed E-state index contributed by atoms with van der Waals surface area (Å²) in [6, 6.07) is 23.8. The van der Waals surface area contributed by atoms with Crippen molar-refractivity contribution in [2.45, 2.75) is 22.5 Å². The molecular formula is C20H17NO2S2. The van der Waals surface area contributed by atoms with Crippen LogP contribution in [0, 0.1) is 0 Å². The fourth-order valence-corrected chi connectivity index (χ4v) is 4.82. The topological polar surface area (TPSA) is 38.3 Å². The summed E-state index contributed by atoms with van der Waals surface area (Å²) >= 11 is 3.17. The first-order valence-electron chi connectivity index (χ1n) is 8.07. The van der Waals surface area contributed by atoms with E-state index in [0.29, 0.717) is 0 Å². The quantitative estimate of drug-likeness (QED) is 0.720. The van der Waals surface area contributed by atoms with E-state index >= 15 is 0 Å². The number of carbonyl (C=O) groups excluding carboxylic acids is 1. The van der Waals surface area contributed by atoms with Crippen LogP contribution in [-0.4, -0.2) is 11.2 Å². The van der Waals surface area contributed by atoms with Gasteiger partial charge in [0.05, 0.1) is 0 Å². The van der Waals surface area contributed by atoms with Gasteiger partial charge in [-0.25, -0.2) is 0 Å². The minimum absolute atomic E-state index is 0.00681. The second kappa shape index (κ2) is 7.44. The van der Waals surface area contributed by atoms with E-state index in [-0.39, 0.29) is 17.3 Å². The Morgan fingerprint density at radius 1 is 0.920 bits per heavy atom. The number of rotatable bonds is 4. The predicted octanol–water partition coefficient (Wildman–Crippen LogP) is 4.80. The van der Waals surface area contributed by atoms with E-state index in [4.69, 9.17) is 4.74 Å². The van der Waals surface area contributed by atoms with E-state index < -0.39 is 6.23 Å². The van der Waals surface area contributed by atoms with E-state index in [1.807, 2.05) is 78.2 Å². The highest BCUT2D eigenvalue weighted by Gasteiger charge is 2.40. The third kappa shape index (κ3) is 3.63. The van der Waals surface area contributed by atoms with Gasteiger partial charge in [0, 0.05) is 15.3 Å². The van der Waals surface area contributed by atoms with Gasteiger partial charge in [0.15, 0.2) is 6.23 Å². The van der Waals surface area contributed by atoms with Crippen molar-refractivity contribution < 1.29 is 9.53 Å². The fourth-order valence-electron chi connectivity index (χ4n) is 2.82. The molecule has 4 rings (SSSR count). The second-order valence-corrected chi connectivity index (χ2v) is 7.92. The molecule has 0 radical (unpaired) electrons. The SMILES string of the molecule is O=C1N[C@H](c2ccccc2)O[C@H](c2cccs2)[C@@H]1Sc1ccccc1. The highest BCUT2D eigenvalue weighted by Crippen LogP contribution is 2.41. The lowest BCUT2D eigenvalue weighted by Crippen LogP contribution is -2.46. The van der Waals surface area contributed by atoms with Gasteiger partial charge in [-0.3, -0.25) is 4.79 Å². The molecule has 0 spiro atoms. The monoisotopic (exact) mass is 367 g/mol. The molecule has 126 valence electrons. The molecule has 2 aromatic carbocycles. The van der Waals surface area contributed by atoms with Gasteiger partial charge in [-0.15, -0.1) is 23.1 Å². The molecule has 0 bridgehead atoms. The zero-order valence-electron chi connectivity index (χ0n) is 13.4. The van der Waals surface area contributed by atoms with Crippen LogP contribution in [0.4, 0.5) is 0 Å². The lowest BCUT2D eigenvalue weighted by atomic mass is 10.1. The van der Waals surface area contributed by atoms with Crippen molar-refractivity contribution in [2.24, 2.45) is 0 Å². The summed E-state index contributed by atoms with van der Waals surface area (Å²) in [6.07, 6.45) is -0.697. The van der Waals surface area contributed by atoms with Crippen LogP contribution in [0.5, 0.6) is 0 Å². The largest absolute Gasteiger partial charge is 0.344 e. The summed E-state index contributed by atoms with van der Waals surface area (Å²) in [5.74, 6) is 0.00681. The number of hydrogen-bond acceptors (Lipinski definition) is 4. The second-order valence-electron chi connectivity index (χ2n) is 5.72. The summed E-state index contributed by atoms with van der Waals surface area (Å²) in [6.45, 7) is 0. The smallest absolute Gasteiger partial charge is 0.238 e. The number of hydrogen-bond donors (Lipinski definition) is 1. The van der Waals surface area contributed by atoms with Crippen LogP contribution >= 0.6 is 23.1 Å². The minimum Gasteiger partial charge on any atom is -0.344 e. The first-order chi connectivity index (χ1) is 12.3. The maximum Gasteiger partial charge on any atom is 0.238 e. The van der Waals surface area contributed by atoms with Gasteiger partial charge >= 0.3 is 0 Å². The Labute approximate surface area is 155 Å². The number of thioether (sulfide) groups is 1. The number of thiophene rings is 1. The first kappa shape index (κ1) is 16.4. The van der Waals surface area contributed by atoms with Crippen molar-refractivity contribution in [3.63, 3.8) is 0 Å². The van der Waals surface area contributed by atoms with Crippen LogP contribution in [-0.2, 0) is 9.53 Å². The van der Waals surface area contributed by atoms with Crippen molar-refractivity contribution >= 4 is 29.0 Å². The van der Waals surface area contributed by atoms with Crippen LogP contribution in [0.25, 0.3) is 0 Å². The van der Waals surface area contributed by atoms with Crippen molar-refractivity contribution in [1.29, 1.82) is 0 Å². The van der Waals surface area contributed by atoms with E-state index in [0.717, 1.165) is 15.3 Å². The fraction of sp³-hybridized carbons (Fsp3) is 0.150. The van der Waals surface area contributed by atoms with Crippen molar-refractivity contribution in [3.8, 4) is 0 Å². The van der Waals surface area contributed by atoms with Gasteiger partial charge in [-0.05, 0) is 23.6 Å². The molecule has 1 aromatic heterocycles.